The van der Waals surface area contributed by atoms with E-state index in [1.807, 2.05) is 18.0 Å². The largest absolute Gasteiger partial charge is 0.266 e. The second-order valence-electron chi connectivity index (χ2n) is 3.57. The predicted octanol–water partition coefficient (Wildman–Crippen LogP) is 2.56. The molecule has 1 aromatic heterocycles. The van der Waals surface area contributed by atoms with Crippen LogP contribution in [0.5, 0.6) is 0 Å². The zero-order valence-corrected chi connectivity index (χ0v) is 8.56. The minimum absolute atomic E-state index is 0.495. The molecule has 0 aliphatic carbocycles. The molecule has 0 radical (unpaired) electrons. The van der Waals surface area contributed by atoms with E-state index in [0.717, 1.165) is 5.25 Å². The van der Waals surface area contributed by atoms with E-state index in [1.54, 1.807) is 0 Å². The van der Waals surface area contributed by atoms with E-state index in [9.17, 15) is 0 Å². The molecule has 0 spiro atoms. The van der Waals surface area contributed by atoms with Crippen molar-refractivity contribution in [3.05, 3.63) is 17.5 Å². The van der Waals surface area contributed by atoms with Gasteiger partial charge in [0, 0.05) is 11.8 Å². The van der Waals surface area contributed by atoms with Gasteiger partial charge in [-0.1, -0.05) is 0 Å². The molecule has 2 rings (SSSR count). The number of hydrogen-bond donors (Lipinski definition) is 0. The molecule has 1 fully saturated rings. The van der Waals surface area contributed by atoms with Gasteiger partial charge in [0.1, 0.15) is 0 Å². The van der Waals surface area contributed by atoms with Crippen LogP contribution in [0.15, 0.2) is 6.20 Å². The van der Waals surface area contributed by atoms with Crippen LogP contribution in [-0.2, 0) is 0 Å². The Hall–Kier alpha value is -0.440. The molecular weight excluding hydrogens is 168 g/mol. The lowest BCUT2D eigenvalue weighted by Gasteiger charge is -2.10. The molecule has 0 saturated carbocycles. The van der Waals surface area contributed by atoms with E-state index in [1.165, 1.54) is 17.0 Å². The first-order valence-corrected chi connectivity index (χ1v) is 5.40. The normalized spacial score (nSPS) is 21.8. The SMILES string of the molecule is Cc1cnn(C(C)C)c1C1CS1. The van der Waals surface area contributed by atoms with Crippen LogP contribution in [0, 0.1) is 6.92 Å². The second-order valence-corrected chi connectivity index (χ2v) is 4.81. The van der Waals surface area contributed by atoms with Crippen LogP contribution in [0.1, 0.15) is 36.4 Å². The Kier molecular flexibility index (Phi) is 1.91. The molecular formula is C9H14N2S. The highest BCUT2D eigenvalue weighted by molar-refractivity contribution is 8.06. The van der Waals surface area contributed by atoms with Crippen LogP contribution in [-0.4, -0.2) is 15.5 Å². The summed E-state index contributed by atoms with van der Waals surface area (Å²) < 4.78 is 2.15. The zero-order chi connectivity index (χ0) is 8.72. The summed E-state index contributed by atoms with van der Waals surface area (Å²) in [5.41, 5.74) is 2.79. The maximum absolute atomic E-state index is 4.38. The van der Waals surface area contributed by atoms with E-state index in [-0.39, 0.29) is 0 Å². The Morgan fingerprint density at radius 2 is 2.33 bits per heavy atom. The first-order chi connectivity index (χ1) is 5.70. The molecule has 1 saturated heterocycles. The Balaban J connectivity index is 2.39. The second kappa shape index (κ2) is 2.80. The van der Waals surface area contributed by atoms with Crippen molar-refractivity contribution < 1.29 is 0 Å². The van der Waals surface area contributed by atoms with Gasteiger partial charge in [-0.2, -0.15) is 5.10 Å². The van der Waals surface area contributed by atoms with Crippen LogP contribution < -0.4 is 0 Å². The van der Waals surface area contributed by atoms with Crippen LogP contribution in [0.3, 0.4) is 0 Å². The standard InChI is InChI=1S/C9H14N2S/c1-6(2)11-9(8-5-12-8)7(3)4-10-11/h4,6,8H,5H2,1-3H3. The quantitative estimate of drug-likeness (QED) is 0.654. The van der Waals surface area contributed by atoms with Gasteiger partial charge in [0.2, 0.25) is 0 Å². The van der Waals surface area contributed by atoms with Crippen LogP contribution in [0.4, 0.5) is 0 Å². The van der Waals surface area contributed by atoms with Gasteiger partial charge in [-0.25, -0.2) is 0 Å². The van der Waals surface area contributed by atoms with Crippen molar-refractivity contribution in [1.82, 2.24) is 9.78 Å². The third-order valence-corrected chi connectivity index (χ3v) is 3.04. The minimum atomic E-state index is 0.495. The van der Waals surface area contributed by atoms with Crippen LogP contribution in [0.25, 0.3) is 0 Å². The Morgan fingerprint density at radius 3 is 2.83 bits per heavy atom. The summed E-state index contributed by atoms with van der Waals surface area (Å²) in [6.45, 7) is 6.52. The summed E-state index contributed by atoms with van der Waals surface area (Å²) in [4.78, 5) is 0. The van der Waals surface area contributed by atoms with Crippen molar-refractivity contribution >= 4 is 11.8 Å². The fourth-order valence-electron chi connectivity index (χ4n) is 1.48. The van der Waals surface area contributed by atoms with Crippen LogP contribution >= 0.6 is 11.8 Å². The molecule has 3 heteroatoms. The van der Waals surface area contributed by atoms with Gasteiger partial charge >= 0.3 is 0 Å². The molecule has 1 aliphatic heterocycles. The van der Waals surface area contributed by atoms with Gasteiger partial charge in [-0.15, -0.1) is 11.8 Å². The molecule has 1 aliphatic rings. The fraction of sp³-hybridized carbons (Fsp3) is 0.667. The van der Waals surface area contributed by atoms with Gasteiger partial charge in [-0.3, -0.25) is 4.68 Å². The summed E-state index contributed by atoms with van der Waals surface area (Å²) >= 11 is 2.01. The first kappa shape index (κ1) is 8.17. The molecule has 1 unspecified atom stereocenters. The number of aromatic nitrogens is 2. The average Bonchev–Trinajstić information content (AvgIpc) is 2.75. The smallest absolute Gasteiger partial charge is 0.0561 e. The highest BCUT2D eigenvalue weighted by Gasteiger charge is 2.30. The van der Waals surface area contributed by atoms with Crippen molar-refractivity contribution in [2.75, 3.05) is 5.75 Å². The van der Waals surface area contributed by atoms with Gasteiger partial charge in [0.15, 0.2) is 0 Å². The molecule has 0 bridgehead atoms. The monoisotopic (exact) mass is 182 g/mol. The molecule has 0 amide bonds. The topological polar surface area (TPSA) is 17.8 Å². The predicted molar refractivity (Wildman–Crippen MR) is 52.5 cm³/mol. The van der Waals surface area contributed by atoms with Gasteiger partial charge in [-0.05, 0) is 26.3 Å². The van der Waals surface area contributed by atoms with Gasteiger partial charge < -0.3 is 0 Å². The third-order valence-electron chi connectivity index (χ3n) is 2.15. The van der Waals surface area contributed by atoms with E-state index < -0.39 is 0 Å². The Bertz CT molecular complexity index is 287. The lowest BCUT2D eigenvalue weighted by molar-refractivity contribution is 0.513. The van der Waals surface area contributed by atoms with Crippen molar-refractivity contribution in [1.29, 1.82) is 0 Å². The number of thioether (sulfide) groups is 1. The molecule has 0 N–H and O–H groups in total. The molecule has 66 valence electrons. The molecule has 1 atom stereocenters. The number of rotatable bonds is 2. The van der Waals surface area contributed by atoms with Crippen LogP contribution in [0.2, 0.25) is 0 Å². The molecule has 1 aromatic rings. The van der Waals surface area contributed by atoms with Crippen molar-refractivity contribution in [3.63, 3.8) is 0 Å². The fourth-order valence-corrected chi connectivity index (χ4v) is 2.18. The highest BCUT2D eigenvalue weighted by Crippen LogP contribution is 2.47. The molecule has 2 heterocycles. The average molecular weight is 182 g/mol. The van der Waals surface area contributed by atoms with E-state index >= 15 is 0 Å². The number of aryl methyl sites for hydroxylation is 1. The number of nitrogens with zero attached hydrogens (tertiary/aromatic N) is 2. The summed E-state index contributed by atoms with van der Waals surface area (Å²) in [5.74, 6) is 1.28. The molecule has 12 heavy (non-hydrogen) atoms. The summed E-state index contributed by atoms with van der Waals surface area (Å²) in [6, 6.07) is 0.495. The van der Waals surface area contributed by atoms with E-state index in [4.69, 9.17) is 0 Å². The van der Waals surface area contributed by atoms with Crippen molar-refractivity contribution in [2.24, 2.45) is 0 Å². The summed E-state index contributed by atoms with van der Waals surface area (Å²) in [6.07, 6.45) is 1.98. The van der Waals surface area contributed by atoms with E-state index in [0.29, 0.717) is 6.04 Å². The first-order valence-electron chi connectivity index (χ1n) is 4.35. The number of hydrogen-bond acceptors (Lipinski definition) is 2. The maximum Gasteiger partial charge on any atom is 0.0561 e. The third kappa shape index (κ3) is 1.26. The molecule has 2 nitrogen and oxygen atoms in total. The van der Waals surface area contributed by atoms with Gasteiger partial charge in [0.25, 0.3) is 0 Å². The van der Waals surface area contributed by atoms with Crippen molar-refractivity contribution in [3.8, 4) is 0 Å². The minimum Gasteiger partial charge on any atom is -0.266 e. The van der Waals surface area contributed by atoms with Gasteiger partial charge in [0.05, 0.1) is 17.1 Å². The summed E-state index contributed by atoms with van der Waals surface area (Å²) in [7, 11) is 0. The highest BCUT2D eigenvalue weighted by atomic mass is 32.2. The Labute approximate surface area is 77.3 Å². The Morgan fingerprint density at radius 1 is 1.67 bits per heavy atom. The molecule has 0 aromatic carbocycles. The lowest BCUT2D eigenvalue weighted by atomic mass is 10.2. The maximum atomic E-state index is 4.38. The van der Waals surface area contributed by atoms with Crippen molar-refractivity contribution in [2.45, 2.75) is 32.1 Å². The zero-order valence-electron chi connectivity index (χ0n) is 7.74. The van der Waals surface area contributed by atoms with E-state index in [2.05, 4.69) is 30.6 Å². The summed E-state index contributed by atoms with van der Waals surface area (Å²) in [5, 5.41) is 5.11. The lowest BCUT2D eigenvalue weighted by Crippen LogP contribution is -2.06.